The molecule has 1 heterocycles. The van der Waals surface area contributed by atoms with Gasteiger partial charge >= 0.3 is 0 Å². The minimum absolute atomic E-state index is 0.0973. The fourth-order valence-electron chi connectivity index (χ4n) is 1.42. The van der Waals surface area contributed by atoms with Gasteiger partial charge in [-0.15, -0.1) is 0 Å². The largest absolute Gasteiger partial charge is 0.287 e. The summed E-state index contributed by atoms with van der Waals surface area (Å²) in [5.41, 5.74) is 0.683. The molecule has 86 valence electrons. The second-order valence-corrected chi connectivity index (χ2v) is 3.65. The average Bonchev–Trinajstić information content (AvgIpc) is 2.33. The molecule has 0 saturated heterocycles. The van der Waals surface area contributed by atoms with Crippen LogP contribution >= 0.6 is 0 Å². The smallest absolute Gasteiger partial charge is 0.214 e. The van der Waals surface area contributed by atoms with Crippen LogP contribution in [0.1, 0.15) is 21.6 Å². The van der Waals surface area contributed by atoms with E-state index in [1.54, 1.807) is 6.07 Å². The third-order valence-corrected chi connectivity index (χ3v) is 2.34. The molecule has 0 saturated carbocycles. The summed E-state index contributed by atoms with van der Waals surface area (Å²) in [7, 11) is 0. The van der Waals surface area contributed by atoms with Gasteiger partial charge in [0.25, 0.3) is 0 Å². The predicted octanol–water partition coefficient (Wildman–Crippen LogP) is 2.90. The van der Waals surface area contributed by atoms with E-state index < -0.39 is 17.4 Å². The molecule has 1 aromatic carbocycles. The van der Waals surface area contributed by atoms with Gasteiger partial charge in [-0.2, -0.15) is 0 Å². The minimum atomic E-state index is -1.14. The molecule has 2 nitrogen and oxygen atoms in total. The van der Waals surface area contributed by atoms with Gasteiger partial charge in [-0.25, -0.2) is 8.78 Å². The van der Waals surface area contributed by atoms with Crippen LogP contribution in [0.4, 0.5) is 8.78 Å². The van der Waals surface area contributed by atoms with Crippen LogP contribution in [-0.2, 0) is 0 Å². The van der Waals surface area contributed by atoms with Gasteiger partial charge in [0, 0.05) is 6.20 Å². The molecule has 0 amide bonds. The molecule has 0 spiro atoms. The second-order valence-electron chi connectivity index (χ2n) is 3.65. The van der Waals surface area contributed by atoms with Crippen molar-refractivity contribution in [3.05, 3.63) is 65.0 Å². The van der Waals surface area contributed by atoms with E-state index in [1.165, 1.54) is 24.4 Å². The molecule has 0 atom stereocenters. The third-order valence-electron chi connectivity index (χ3n) is 2.34. The Morgan fingerprint density at radius 3 is 2.59 bits per heavy atom. The molecule has 17 heavy (non-hydrogen) atoms. The van der Waals surface area contributed by atoms with Crippen LogP contribution in [0.2, 0.25) is 0 Å². The molecule has 0 aliphatic heterocycles. The van der Waals surface area contributed by atoms with Crippen molar-refractivity contribution in [2.45, 2.75) is 6.92 Å². The Morgan fingerprint density at radius 2 is 1.94 bits per heavy atom. The number of halogens is 2. The molecule has 0 fully saturated rings. The summed E-state index contributed by atoms with van der Waals surface area (Å²) in [4.78, 5) is 15.7. The highest BCUT2D eigenvalue weighted by molar-refractivity contribution is 6.07. The van der Waals surface area contributed by atoms with E-state index in [2.05, 4.69) is 4.98 Å². The summed E-state index contributed by atoms with van der Waals surface area (Å²) in [5.74, 6) is -2.80. The lowest BCUT2D eigenvalue weighted by Crippen LogP contribution is -2.07. The van der Waals surface area contributed by atoms with Gasteiger partial charge in [0.15, 0.2) is 11.6 Å². The lowest BCUT2D eigenvalue weighted by Gasteiger charge is -2.02. The number of nitrogens with zero attached hydrogens (tertiary/aromatic N) is 1. The molecule has 0 bridgehead atoms. The van der Waals surface area contributed by atoms with E-state index in [-0.39, 0.29) is 11.3 Å². The Morgan fingerprint density at radius 1 is 1.18 bits per heavy atom. The zero-order chi connectivity index (χ0) is 12.4. The van der Waals surface area contributed by atoms with Gasteiger partial charge in [-0.1, -0.05) is 12.1 Å². The molecule has 1 aromatic heterocycles. The number of aryl methyl sites for hydroxylation is 1. The fourth-order valence-corrected chi connectivity index (χ4v) is 1.42. The van der Waals surface area contributed by atoms with Crippen molar-refractivity contribution in [1.29, 1.82) is 0 Å². The minimum Gasteiger partial charge on any atom is -0.287 e. The summed E-state index contributed by atoms with van der Waals surface area (Å²) in [6, 6.07) is 6.68. The maximum atomic E-state index is 13.4. The highest BCUT2D eigenvalue weighted by Gasteiger charge is 2.17. The van der Waals surface area contributed by atoms with Crippen LogP contribution in [0, 0.1) is 18.6 Å². The quantitative estimate of drug-likeness (QED) is 0.746. The first-order valence-corrected chi connectivity index (χ1v) is 5.01. The van der Waals surface area contributed by atoms with E-state index >= 15 is 0 Å². The molecular weight excluding hydrogens is 224 g/mol. The number of rotatable bonds is 2. The summed E-state index contributed by atoms with van der Waals surface area (Å²) in [6.07, 6.45) is 1.50. The van der Waals surface area contributed by atoms with Crippen molar-refractivity contribution in [2.75, 3.05) is 0 Å². The monoisotopic (exact) mass is 233 g/mol. The van der Waals surface area contributed by atoms with E-state index in [9.17, 15) is 13.6 Å². The first-order chi connectivity index (χ1) is 8.09. The number of pyridine rings is 1. The molecule has 4 heteroatoms. The zero-order valence-corrected chi connectivity index (χ0v) is 9.08. The Hall–Kier alpha value is -2.10. The normalized spacial score (nSPS) is 10.3. The number of ketones is 1. The average molecular weight is 233 g/mol. The number of benzene rings is 1. The second kappa shape index (κ2) is 4.41. The molecule has 0 aliphatic rings. The number of hydrogen-bond acceptors (Lipinski definition) is 2. The lowest BCUT2D eigenvalue weighted by atomic mass is 10.1. The third kappa shape index (κ3) is 2.20. The highest BCUT2D eigenvalue weighted by atomic mass is 19.2. The molecule has 0 N–H and O–H groups in total. The van der Waals surface area contributed by atoms with E-state index in [0.29, 0.717) is 0 Å². The lowest BCUT2D eigenvalue weighted by molar-refractivity contribution is 0.102. The van der Waals surface area contributed by atoms with Crippen LogP contribution in [0.3, 0.4) is 0 Å². The first-order valence-electron chi connectivity index (χ1n) is 5.01. The van der Waals surface area contributed by atoms with Crippen molar-refractivity contribution in [3.8, 4) is 0 Å². The van der Waals surface area contributed by atoms with Crippen molar-refractivity contribution >= 4 is 5.78 Å². The Bertz CT molecular complexity index is 564. The molecule has 0 aliphatic carbocycles. The molecule has 2 aromatic rings. The fraction of sp³-hybridized carbons (Fsp3) is 0.0769. The van der Waals surface area contributed by atoms with Gasteiger partial charge in [-0.05, 0) is 30.7 Å². The van der Waals surface area contributed by atoms with Gasteiger partial charge in [0.1, 0.15) is 5.69 Å². The Kier molecular flexibility index (Phi) is 2.95. The summed E-state index contributed by atoms with van der Waals surface area (Å²) >= 11 is 0. The predicted molar refractivity (Wildman–Crippen MR) is 58.8 cm³/mol. The van der Waals surface area contributed by atoms with Gasteiger partial charge in [0.05, 0.1) is 5.56 Å². The summed E-state index contributed by atoms with van der Waals surface area (Å²) < 4.78 is 26.4. The summed E-state index contributed by atoms with van der Waals surface area (Å²) in [6.45, 7) is 1.82. The van der Waals surface area contributed by atoms with E-state index in [0.717, 1.165) is 11.6 Å². The van der Waals surface area contributed by atoms with Crippen molar-refractivity contribution in [2.24, 2.45) is 0 Å². The number of hydrogen-bond donors (Lipinski definition) is 0. The Balaban J connectivity index is 2.44. The SMILES string of the molecule is Cc1ccc(C(=O)c2cccc(F)c2F)nc1. The van der Waals surface area contributed by atoms with Gasteiger partial charge in [-0.3, -0.25) is 9.78 Å². The number of aromatic nitrogens is 1. The highest BCUT2D eigenvalue weighted by Crippen LogP contribution is 2.15. The summed E-state index contributed by atoms with van der Waals surface area (Å²) in [5, 5.41) is 0. The van der Waals surface area contributed by atoms with Crippen LogP contribution in [0.15, 0.2) is 36.5 Å². The number of carbonyl (C=O) groups is 1. The van der Waals surface area contributed by atoms with Crippen molar-refractivity contribution in [1.82, 2.24) is 4.98 Å². The first kappa shape index (κ1) is 11.4. The Labute approximate surface area is 96.9 Å². The van der Waals surface area contributed by atoms with E-state index in [1.807, 2.05) is 6.92 Å². The van der Waals surface area contributed by atoms with Crippen molar-refractivity contribution in [3.63, 3.8) is 0 Å². The van der Waals surface area contributed by atoms with Gasteiger partial charge < -0.3 is 0 Å². The van der Waals surface area contributed by atoms with Crippen LogP contribution < -0.4 is 0 Å². The van der Waals surface area contributed by atoms with Gasteiger partial charge in [0.2, 0.25) is 5.78 Å². The maximum Gasteiger partial charge on any atom is 0.214 e. The molecule has 0 unspecified atom stereocenters. The standard InChI is InChI=1S/C13H9F2NO/c1-8-5-6-11(16-7-8)13(17)9-3-2-4-10(14)12(9)15/h2-7H,1H3. The van der Waals surface area contributed by atoms with Crippen LogP contribution in [0.25, 0.3) is 0 Å². The molecular formula is C13H9F2NO. The zero-order valence-electron chi connectivity index (χ0n) is 9.08. The van der Waals surface area contributed by atoms with Crippen LogP contribution in [0.5, 0.6) is 0 Å². The maximum absolute atomic E-state index is 13.4. The molecule has 2 rings (SSSR count). The van der Waals surface area contributed by atoms with E-state index in [4.69, 9.17) is 0 Å². The number of carbonyl (C=O) groups excluding carboxylic acids is 1. The topological polar surface area (TPSA) is 30.0 Å². The van der Waals surface area contributed by atoms with Crippen LogP contribution in [-0.4, -0.2) is 10.8 Å². The molecule has 0 radical (unpaired) electrons. The van der Waals surface area contributed by atoms with Crippen molar-refractivity contribution < 1.29 is 13.6 Å².